The number of alkyl halides is 1. The normalized spacial score (nSPS) is 9.72. The highest BCUT2D eigenvalue weighted by Gasteiger charge is 2.14. The number of hydrogen-bond donors (Lipinski definition) is 0. The number of aryl methyl sites for hydroxylation is 2. The number of nitrogens with zero attached hydrogens (tertiary/aromatic N) is 3. The summed E-state index contributed by atoms with van der Waals surface area (Å²) in [5, 5.41) is 8.94. The van der Waals surface area contributed by atoms with Gasteiger partial charge in [-0.2, -0.15) is 0 Å². The van der Waals surface area contributed by atoms with E-state index < -0.39 is 0 Å². The van der Waals surface area contributed by atoms with Gasteiger partial charge in [-0.3, -0.25) is 0 Å². The number of aromatic nitrogens is 3. The number of benzene rings is 1. The fraction of sp³-hybridized carbons (Fsp3) is 0.278. The lowest BCUT2D eigenvalue weighted by atomic mass is 10.1. The fourth-order valence-corrected chi connectivity index (χ4v) is 3.13. The van der Waals surface area contributed by atoms with Crippen LogP contribution in [0.25, 0.3) is 11.3 Å². The maximum Gasteiger partial charge on any atom is 0.178 e. The van der Waals surface area contributed by atoms with E-state index in [4.69, 9.17) is 4.63 Å². The van der Waals surface area contributed by atoms with Gasteiger partial charge in [-0.1, -0.05) is 52.9 Å². The standard InChI is InChI=1S/C17H18N3OS.CH3I.HI/c1-20-11-5-10-15(13-20)16-17(19-21-18-16)22-12-6-9-14-7-3-2-4-8-14;1-2;/h2-5,7-8,10-11,13H,6,9,12H2,1H3;1H3;1H/q+1;;/p-1. The van der Waals surface area contributed by atoms with Gasteiger partial charge in [0.25, 0.3) is 0 Å². The molecule has 2 heterocycles. The van der Waals surface area contributed by atoms with Gasteiger partial charge in [-0.15, -0.1) is 11.8 Å². The van der Waals surface area contributed by atoms with E-state index in [1.807, 2.05) is 47.1 Å². The molecule has 0 amide bonds. The summed E-state index contributed by atoms with van der Waals surface area (Å²) < 4.78 is 6.92. The van der Waals surface area contributed by atoms with Crippen molar-refractivity contribution in [3.63, 3.8) is 0 Å². The van der Waals surface area contributed by atoms with Gasteiger partial charge in [0.1, 0.15) is 7.05 Å². The first-order chi connectivity index (χ1) is 11.8. The van der Waals surface area contributed by atoms with Crippen LogP contribution in [0.5, 0.6) is 0 Å². The molecular formula is C18H21I2N3OS. The van der Waals surface area contributed by atoms with E-state index in [2.05, 4.69) is 57.2 Å². The summed E-state index contributed by atoms with van der Waals surface area (Å²) in [6.45, 7) is 0. The van der Waals surface area contributed by atoms with Crippen LogP contribution in [-0.2, 0) is 13.5 Å². The Bertz CT molecular complexity index is 738. The van der Waals surface area contributed by atoms with Gasteiger partial charge in [0.05, 0.1) is 5.56 Å². The Morgan fingerprint density at radius 1 is 1.08 bits per heavy atom. The van der Waals surface area contributed by atoms with Crippen molar-refractivity contribution in [3.8, 4) is 11.3 Å². The van der Waals surface area contributed by atoms with E-state index in [0.717, 1.165) is 34.9 Å². The first-order valence-electron chi connectivity index (χ1n) is 7.65. The molecule has 134 valence electrons. The lowest BCUT2D eigenvalue weighted by Crippen LogP contribution is -3.00. The van der Waals surface area contributed by atoms with Crippen molar-refractivity contribution in [2.24, 2.45) is 7.05 Å². The highest BCUT2D eigenvalue weighted by atomic mass is 127. The Morgan fingerprint density at radius 3 is 2.56 bits per heavy atom. The van der Waals surface area contributed by atoms with Crippen LogP contribution in [0.2, 0.25) is 0 Å². The molecule has 4 nitrogen and oxygen atoms in total. The minimum atomic E-state index is 0. The first-order valence-corrected chi connectivity index (χ1v) is 10.8. The molecule has 0 N–H and O–H groups in total. The average Bonchev–Trinajstić information content (AvgIpc) is 3.10. The van der Waals surface area contributed by atoms with Crippen LogP contribution < -0.4 is 28.5 Å². The molecule has 0 spiro atoms. The molecule has 0 saturated heterocycles. The van der Waals surface area contributed by atoms with Crippen molar-refractivity contribution >= 4 is 34.4 Å². The quantitative estimate of drug-likeness (QED) is 0.145. The second-order valence-corrected chi connectivity index (χ2v) is 6.20. The summed E-state index contributed by atoms with van der Waals surface area (Å²) in [5.74, 6) is 0.995. The molecule has 0 atom stereocenters. The van der Waals surface area contributed by atoms with Crippen molar-refractivity contribution in [1.82, 2.24) is 10.3 Å². The topological polar surface area (TPSA) is 42.8 Å². The monoisotopic (exact) mass is 581 g/mol. The summed E-state index contributed by atoms with van der Waals surface area (Å²) in [6.07, 6.45) is 6.19. The summed E-state index contributed by atoms with van der Waals surface area (Å²) in [6, 6.07) is 14.6. The maximum atomic E-state index is 4.93. The van der Waals surface area contributed by atoms with E-state index in [0.29, 0.717) is 0 Å². The number of rotatable bonds is 6. The van der Waals surface area contributed by atoms with Gasteiger partial charge in [-0.25, -0.2) is 9.20 Å². The molecule has 0 aliphatic rings. The van der Waals surface area contributed by atoms with E-state index in [1.165, 1.54) is 5.56 Å². The summed E-state index contributed by atoms with van der Waals surface area (Å²) >= 11 is 3.85. The molecule has 25 heavy (non-hydrogen) atoms. The average molecular weight is 581 g/mol. The Balaban J connectivity index is 0.00000101. The molecule has 0 aliphatic carbocycles. The predicted octanol–water partition coefficient (Wildman–Crippen LogP) is 1.34. The van der Waals surface area contributed by atoms with Crippen molar-refractivity contribution in [2.75, 3.05) is 10.7 Å². The van der Waals surface area contributed by atoms with E-state index in [1.54, 1.807) is 11.8 Å². The lowest BCUT2D eigenvalue weighted by molar-refractivity contribution is -0.671. The van der Waals surface area contributed by atoms with Crippen LogP contribution >= 0.6 is 34.4 Å². The van der Waals surface area contributed by atoms with Crippen molar-refractivity contribution < 1.29 is 33.2 Å². The van der Waals surface area contributed by atoms with Gasteiger partial charge in [0, 0.05) is 11.8 Å². The molecule has 0 saturated carbocycles. The minimum absolute atomic E-state index is 0. The number of pyridine rings is 1. The van der Waals surface area contributed by atoms with Crippen LogP contribution in [0, 0.1) is 0 Å². The molecule has 0 aliphatic heterocycles. The van der Waals surface area contributed by atoms with E-state index >= 15 is 0 Å². The first kappa shape index (κ1) is 22.4. The molecule has 0 fully saturated rings. The van der Waals surface area contributed by atoms with Crippen LogP contribution in [0.1, 0.15) is 12.0 Å². The lowest BCUT2D eigenvalue weighted by Gasteiger charge is -2.01. The zero-order chi connectivity index (χ0) is 17.2. The summed E-state index contributed by atoms with van der Waals surface area (Å²) in [5.41, 5.74) is 3.22. The van der Waals surface area contributed by atoms with Gasteiger partial charge in [-0.05, 0) is 39.7 Å². The Hall–Kier alpha value is -0.680. The molecule has 1 aromatic carbocycles. The Kier molecular flexibility index (Phi) is 11.3. The molecular weight excluding hydrogens is 560 g/mol. The largest absolute Gasteiger partial charge is 1.00 e. The van der Waals surface area contributed by atoms with E-state index in [9.17, 15) is 0 Å². The number of hydrogen-bond acceptors (Lipinski definition) is 4. The third kappa shape index (κ3) is 7.22. The zero-order valence-electron chi connectivity index (χ0n) is 14.2. The molecule has 3 aromatic rings. The second-order valence-electron chi connectivity index (χ2n) is 5.11. The molecule has 0 radical (unpaired) electrons. The van der Waals surface area contributed by atoms with Crippen LogP contribution in [0.3, 0.4) is 0 Å². The van der Waals surface area contributed by atoms with Crippen LogP contribution in [-0.4, -0.2) is 21.0 Å². The summed E-state index contributed by atoms with van der Waals surface area (Å²) in [4.78, 5) is 1.97. The highest BCUT2D eigenvalue weighted by molar-refractivity contribution is 14.1. The second kappa shape index (κ2) is 12.6. The molecule has 3 rings (SSSR count). The third-order valence-electron chi connectivity index (χ3n) is 3.36. The highest BCUT2D eigenvalue weighted by Crippen LogP contribution is 2.28. The van der Waals surface area contributed by atoms with Crippen LogP contribution in [0.15, 0.2) is 64.5 Å². The Morgan fingerprint density at radius 2 is 1.84 bits per heavy atom. The predicted molar refractivity (Wildman–Crippen MR) is 106 cm³/mol. The fourth-order valence-electron chi connectivity index (χ4n) is 2.27. The van der Waals surface area contributed by atoms with Gasteiger partial charge < -0.3 is 24.0 Å². The number of thioether (sulfide) groups is 1. The smallest absolute Gasteiger partial charge is 0.178 e. The van der Waals surface area contributed by atoms with Crippen molar-refractivity contribution in [2.45, 2.75) is 17.9 Å². The van der Waals surface area contributed by atoms with Gasteiger partial charge in [0.2, 0.25) is 0 Å². The maximum absolute atomic E-state index is 4.93. The van der Waals surface area contributed by atoms with Crippen LogP contribution in [0.4, 0.5) is 0 Å². The molecule has 0 bridgehead atoms. The minimum Gasteiger partial charge on any atom is -1.00 e. The molecule has 2 aromatic heterocycles. The number of halogens is 2. The van der Waals surface area contributed by atoms with Crippen molar-refractivity contribution in [1.29, 1.82) is 0 Å². The van der Waals surface area contributed by atoms with E-state index in [-0.39, 0.29) is 24.0 Å². The summed E-state index contributed by atoms with van der Waals surface area (Å²) in [7, 11) is 1.99. The van der Waals surface area contributed by atoms with Crippen molar-refractivity contribution in [3.05, 3.63) is 60.4 Å². The van der Waals surface area contributed by atoms with Gasteiger partial charge >= 0.3 is 0 Å². The molecule has 7 heteroatoms. The third-order valence-corrected chi connectivity index (χ3v) is 4.40. The SMILES string of the molecule is CI.C[n+]1cccc(-c2nonc2SCCCc2ccccc2)c1.[I-]. The molecule has 0 unspecified atom stereocenters. The zero-order valence-corrected chi connectivity index (χ0v) is 19.4. The Labute approximate surface area is 183 Å². The van der Waals surface area contributed by atoms with Gasteiger partial charge in [0.15, 0.2) is 23.1 Å².